The molecule has 1 amide bonds. The third-order valence-electron chi connectivity index (χ3n) is 6.06. The van der Waals surface area contributed by atoms with Gasteiger partial charge in [-0.3, -0.25) is 9.59 Å². The Bertz CT molecular complexity index is 901. The third kappa shape index (κ3) is 11.3. The van der Waals surface area contributed by atoms with Gasteiger partial charge in [-0.05, 0) is 5.56 Å². The van der Waals surface area contributed by atoms with Crippen LogP contribution < -0.4 is 5.32 Å². The summed E-state index contributed by atoms with van der Waals surface area (Å²) in [6.45, 7) is 4.12. The summed E-state index contributed by atoms with van der Waals surface area (Å²) in [6.07, 6.45) is 6.38. The Balaban J connectivity index is 2.14. The maximum atomic E-state index is 12.9. The number of esters is 2. The van der Waals surface area contributed by atoms with Crippen molar-refractivity contribution in [3.8, 4) is 0 Å². The van der Waals surface area contributed by atoms with E-state index in [1.807, 2.05) is 56.3 Å². The van der Waals surface area contributed by atoms with Crippen LogP contribution in [0.1, 0.15) is 32.3 Å². The maximum absolute atomic E-state index is 12.9. The summed E-state index contributed by atoms with van der Waals surface area (Å²) < 4.78 is 27.5. The zero-order chi connectivity index (χ0) is 27.0. The van der Waals surface area contributed by atoms with Gasteiger partial charge in [-0.1, -0.05) is 68.5 Å². The highest BCUT2D eigenvalue weighted by Gasteiger charge is 2.25. The standard InChI is InChI=1S/C28H39NO8/c1-20-10-8-14-26(30)29-23(17-35-16-22-12-6-5-7-13-22)28(32)37-19-25(34-4)21(2)11-9-15-27(31)36-18-24(20)33-3/h5-13,20-21,23-25H,14-19H2,1-4H3,(H,29,30)/t20-,21-,23+,24-,25-/m1/s1. The average molecular weight is 518 g/mol. The Morgan fingerprint density at radius 1 is 0.865 bits per heavy atom. The number of benzene rings is 1. The first kappa shape index (κ1) is 30.2. The lowest BCUT2D eigenvalue weighted by Gasteiger charge is -2.22. The molecule has 5 atom stereocenters. The van der Waals surface area contributed by atoms with E-state index in [1.54, 1.807) is 19.3 Å². The summed E-state index contributed by atoms with van der Waals surface area (Å²) >= 11 is 0. The topological polar surface area (TPSA) is 109 Å². The van der Waals surface area contributed by atoms with Crippen molar-refractivity contribution >= 4 is 17.8 Å². The van der Waals surface area contributed by atoms with Crippen LogP contribution in [0.4, 0.5) is 0 Å². The largest absolute Gasteiger partial charge is 0.463 e. The van der Waals surface area contributed by atoms with Crippen molar-refractivity contribution < 1.29 is 38.1 Å². The number of hydrogen-bond acceptors (Lipinski definition) is 8. The summed E-state index contributed by atoms with van der Waals surface area (Å²) in [7, 11) is 3.07. The Kier molecular flexibility index (Phi) is 13.6. The monoisotopic (exact) mass is 517 g/mol. The minimum Gasteiger partial charge on any atom is -0.463 e. The number of rotatable bonds is 6. The van der Waals surface area contributed by atoms with Crippen LogP contribution in [-0.4, -0.2) is 70.1 Å². The molecule has 1 aliphatic rings. The molecule has 1 heterocycles. The van der Waals surface area contributed by atoms with Crippen molar-refractivity contribution in [1.29, 1.82) is 0 Å². The maximum Gasteiger partial charge on any atom is 0.331 e. The van der Waals surface area contributed by atoms with Gasteiger partial charge in [-0.15, -0.1) is 0 Å². The lowest BCUT2D eigenvalue weighted by atomic mass is 10.0. The second kappa shape index (κ2) is 16.7. The number of carbonyl (C=O) groups excluding carboxylic acids is 3. The van der Waals surface area contributed by atoms with E-state index in [0.717, 1.165) is 5.56 Å². The van der Waals surface area contributed by atoms with Crippen molar-refractivity contribution in [2.24, 2.45) is 11.8 Å². The lowest BCUT2D eigenvalue weighted by Crippen LogP contribution is -2.45. The SMILES string of the molecule is CO[C@@H]1COC(=O)CC=C[C@@H](C)[C@H](OC)COC(=O)[C@H](COCc2ccccc2)NC(=O)CC=C[C@H]1C. The van der Waals surface area contributed by atoms with Crippen LogP contribution in [0.15, 0.2) is 54.6 Å². The molecule has 37 heavy (non-hydrogen) atoms. The highest BCUT2D eigenvalue weighted by Crippen LogP contribution is 2.13. The van der Waals surface area contributed by atoms with Crippen molar-refractivity contribution in [1.82, 2.24) is 5.32 Å². The quantitative estimate of drug-likeness (QED) is 0.453. The molecule has 0 bridgehead atoms. The summed E-state index contributed by atoms with van der Waals surface area (Å²) in [5.41, 5.74) is 0.949. The van der Waals surface area contributed by atoms with Gasteiger partial charge in [0.1, 0.15) is 13.2 Å². The van der Waals surface area contributed by atoms with E-state index in [0.29, 0.717) is 6.61 Å². The number of methoxy groups -OCH3 is 2. The highest BCUT2D eigenvalue weighted by atomic mass is 16.6. The smallest absolute Gasteiger partial charge is 0.331 e. The molecule has 0 spiro atoms. The van der Waals surface area contributed by atoms with Crippen LogP contribution in [-0.2, 0) is 44.7 Å². The molecule has 9 nitrogen and oxygen atoms in total. The van der Waals surface area contributed by atoms with E-state index in [4.69, 9.17) is 23.7 Å². The molecule has 204 valence electrons. The summed E-state index contributed by atoms with van der Waals surface area (Å²) in [5, 5.41) is 2.71. The summed E-state index contributed by atoms with van der Waals surface area (Å²) in [6, 6.07) is 8.56. The fourth-order valence-corrected chi connectivity index (χ4v) is 3.68. The van der Waals surface area contributed by atoms with Crippen molar-refractivity contribution in [3.63, 3.8) is 0 Å². The first-order valence-corrected chi connectivity index (χ1v) is 12.5. The minimum absolute atomic E-state index is 0.0245. The first-order valence-electron chi connectivity index (χ1n) is 12.5. The van der Waals surface area contributed by atoms with E-state index < -0.39 is 18.1 Å². The van der Waals surface area contributed by atoms with Crippen LogP contribution in [0.25, 0.3) is 0 Å². The van der Waals surface area contributed by atoms with Gasteiger partial charge in [0.2, 0.25) is 5.91 Å². The zero-order valence-corrected chi connectivity index (χ0v) is 22.1. The molecule has 0 fully saturated rings. The number of hydrogen-bond donors (Lipinski definition) is 1. The van der Waals surface area contributed by atoms with E-state index >= 15 is 0 Å². The molecule has 0 unspecified atom stereocenters. The Hall–Kier alpha value is -3.01. The van der Waals surface area contributed by atoms with Gasteiger partial charge in [0.05, 0.1) is 31.8 Å². The Morgan fingerprint density at radius 2 is 1.46 bits per heavy atom. The second-order valence-electron chi connectivity index (χ2n) is 8.96. The molecule has 0 saturated carbocycles. The molecule has 0 aromatic heterocycles. The van der Waals surface area contributed by atoms with Gasteiger partial charge in [0.25, 0.3) is 0 Å². The molecule has 1 N–H and O–H groups in total. The lowest BCUT2D eigenvalue weighted by molar-refractivity contribution is -0.153. The van der Waals surface area contributed by atoms with Crippen LogP contribution in [0.2, 0.25) is 0 Å². The molecule has 0 aliphatic carbocycles. The molecule has 9 heteroatoms. The predicted octanol–water partition coefficient (Wildman–Crippen LogP) is 2.98. The molecular formula is C28H39NO8. The third-order valence-corrected chi connectivity index (χ3v) is 6.06. The zero-order valence-electron chi connectivity index (χ0n) is 22.1. The van der Waals surface area contributed by atoms with Crippen LogP contribution in [0.5, 0.6) is 0 Å². The number of carbonyl (C=O) groups is 3. The van der Waals surface area contributed by atoms with E-state index in [-0.39, 0.29) is 62.5 Å². The summed E-state index contributed by atoms with van der Waals surface area (Å²) in [4.78, 5) is 37.7. The van der Waals surface area contributed by atoms with Crippen LogP contribution in [0.3, 0.4) is 0 Å². The molecule has 0 saturated heterocycles. The molecule has 0 radical (unpaired) electrons. The van der Waals surface area contributed by atoms with E-state index in [2.05, 4.69) is 5.32 Å². The van der Waals surface area contributed by atoms with E-state index in [9.17, 15) is 14.4 Å². The van der Waals surface area contributed by atoms with Gasteiger partial charge in [-0.25, -0.2) is 4.79 Å². The fourth-order valence-electron chi connectivity index (χ4n) is 3.68. The normalized spacial score (nSPS) is 26.8. The molecule has 1 aromatic carbocycles. The van der Waals surface area contributed by atoms with Gasteiger partial charge in [-0.2, -0.15) is 0 Å². The fraction of sp³-hybridized carbons (Fsp3) is 0.536. The van der Waals surface area contributed by atoms with Gasteiger partial charge >= 0.3 is 11.9 Å². The van der Waals surface area contributed by atoms with Gasteiger partial charge < -0.3 is 29.0 Å². The van der Waals surface area contributed by atoms with E-state index in [1.165, 1.54) is 7.11 Å². The molecule has 2 rings (SSSR count). The van der Waals surface area contributed by atoms with Crippen molar-refractivity contribution in [2.45, 2.75) is 51.5 Å². The number of cyclic esters (lactones) is 2. The number of nitrogens with one attached hydrogen (secondary N) is 1. The Morgan fingerprint density at radius 3 is 2.08 bits per heavy atom. The van der Waals surface area contributed by atoms with Crippen molar-refractivity contribution in [3.05, 3.63) is 60.2 Å². The average Bonchev–Trinajstić information content (AvgIpc) is 2.88. The van der Waals surface area contributed by atoms with Crippen molar-refractivity contribution in [2.75, 3.05) is 34.0 Å². The number of ether oxygens (including phenoxy) is 5. The van der Waals surface area contributed by atoms with Gasteiger partial charge in [0.15, 0.2) is 6.04 Å². The second-order valence-corrected chi connectivity index (χ2v) is 8.96. The summed E-state index contributed by atoms with van der Waals surface area (Å²) in [5.74, 6) is -1.60. The molecule has 1 aliphatic heterocycles. The minimum atomic E-state index is -0.981. The first-order chi connectivity index (χ1) is 17.8. The molecule has 1 aromatic rings. The Labute approximate surface area is 219 Å². The van der Waals surface area contributed by atoms with Crippen LogP contribution in [0, 0.1) is 11.8 Å². The number of amides is 1. The van der Waals surface area contributed by atoms with Gasteiger partial charge in [0, 0.05) is 32.5 Å². The predicted molar refractivity (Wildman–Crippen MR) is 137 cm³/mol. The highest BCUT2D eigenvalue weighted by molar-refractivity contribution is 5.85. The molecular weight excluding hydrogens is 478 g/mol. The van der Waals surface area contributed by atoms with Crippen LogP contribution >= 0.6 is 0 Å².